The molecule has 0 aliphatic rings. The molecule has 0 aromatic rings. The van der Waals surface area contributed by atoms with Gasteiger partial charge < -0.3 is 4.74 Å². The van der Waals surface area contributed by atoms with Crippen molar-refractivity contribution in [2.24, 2.45) is 0 Å². The van der Waals surface area contributed by atoms with Crippen LogP contribution in [0, 0.1) is 0 Å². The number of esters is 1. The first kappa shape index (κ1) is 17.7. The van der Waals surface area contributed by atoms with Crippen molar-refractivity contribution < 1.29 is 22.7 Å². The fraction of sp³-hybridized carbons (Fsp3) is 0.462. The summed E-state index contributed by atoms with van der Waals surface area (Å²) >= 11 is 0. The minimum absolute atomic E-state index is 0.0414. The van der Waals surface area contributed by atoms with Gasteiger partial charge in [0.1, 0.15) is 0 Å². The molecule has 0 saturated heterocycles. The quantitative estimate of drug-likeness (QED) is 0.331. The number of alkyl halides is 3. The first-order valence-corrected chi connectivity index (χ1v) is 9.45. The molecule has 19 heavy (non-hydrogen) atoms. The maximum atomic E-state index is 12.6. The molecule has 0 bridgehead atoms. The molecule has 6 heteroatoms. The Balaban J connectivity index is 4.96. The van der Waals surface area contributed by atoms with Crippen molar-refractivity contribution in [1.29, 1.82) is 0 Å². The van der Waals surface area contributed by atoms with Gasteiger partial charge in [0.15, 0.2) is 0 Å². The Morgan fingerprint density at radius 1 is 1.21 bits per heavy atom. The van der Waals surface area contributed by atoms with Crippen LogP contribution in [0.3, 0.4) is 0 Å². The molecule has 0 fully saturated rings. The normalized spacial score (nSPS) is 14.4. The fourth-order valence-electron chi connectivity index (χ4n) is 1.04. The molecule has 0 aliphatic heterocycles. The van der Waals surface area contributed by atoms with Gasteiger partial charge in [0.25, 0.3) is 0 Å². The van der Waals surface area contributed by atoms with Crippen LogP contribution in [0.15, 0.2) is 35.6 Å². The Morgan fingerprint density at radius 2 is 1.79 bits per heavy atom. The predicted octanol–water partition coefficient (Wildman–Crippen LogP) is 4.03. The lowest BCUT2D eigenvalue weighted by Crippen LogP contribution is -2.15. The van der Waals surface area contributed by atoms with Gasteiger partial charge >= 0.3 is 12.1 Å². The van der Waals surface area contributed by atoms with Crippen LogP contribution in [-0.4, -0.2) is 26.8 Å². The van der Waals surface area contributed by atoms with Gasteiger partial charge in [0, 0.05) is 6.08 Å². The molecule has 0 unspecified atom stereocenters. The third-order valence-corrected chi connectivity index (χ3v) is 3.06. The molecule has 0 N–H and O–H groups in total. The number of carbonyl (C=O) groups is 1. The average molecular weight is 292 g/mol. The molecule has 0 radical (unpaired) electrons. The van der Waals surface area contributed by atoms with Gasteiger partial charge in [-0.1, -0.05) is 37.5 Å². The molecule has 0 saturated carbocycles. The Hall–Kier alpha value is -1.30. The standard InChI is InChI=1S/C13H19F3O2Si/c1-5-18-12(17)10-11(13(14,15)16)8-6-7-9-19(2,3)4/h6-10H,5H2,1-4H3/b8-6+,9-7+,11-10+. The number of rotatable bonds is 5. The van der Waals surface area contributed by atoms with Gasteiger partial charge in [-0.25, -0.2) is 4.79 Å². The van der Waals surface area contributed by atoms with Crippen LogP contribution in [0.5, 0.6) is 0 Å². The summed E-state index contributed by atoms with van der Waals surface area (Å²) in [5.74, 6) is -0.992. The number of carbonyl (C=O) groups excluding carboxylic acids is 1. The van der Waals surface area contributed by atoms with Gasteiger partial charge in [-0.05, 0) is 13.0 Å². The van der Waals surface area contributed by atoms with Crippen LogP contribution in [-0.2, 0) is 9.53 Å². The number of halogens is 3. The highest BCUT2D eigenvalue weighted by Gasteiger charge is 2.32. The van der Waals surface area contributed by atoms with Gasteiger partial charge in [0.05, 0.1) is 20.3 Å². The summed E-state index contributed by atoms with van der Waals surface area (Å²) in [6, 6.07) is 0. The second kappa shape index (κ2) is 7.33. The van der Waals surface area contributed by atoms with Crippen LogP contribution in [0.1, 0.15) is 6.92 Å². The summed E-state index contributed by atoms with van der Waals surface area (Å²) in [4.78, 5) is 11.0. The van der Waals surface area contributed by atoms with Crippen LogP contribution >= 0.6 is 0 Å². The van der Waals surface area contributed by atoms with E-state index in [1.807, 2.05) is 5.70 Å². The van der Waals surface area contributed by atoms with Gasteiger partial charge in [-0.3, -0.25) is 0 Å². The Morgan fingerprint density at radius 3 is 2.21 bits per heavy atom. The molecule has 0 atom stereocenters. The van der Waals surface area contributed by atoms with Crippen LogP contribution in [0.2, 0.25) is 19.6 Å². The SMILES string of the molecule is CCOC(=O)\C=C(/C=C/C=C/[Si](C)(C)C)C(F)(F)F. The molecule has 2 nitrogen and oxygen atoms in total. The van der Waals surface area contributed by atoms with Crippen LogP contribution < -0.4 is 0 Å². The average Bonchev–Trinajstić information content (AvgIpc) is 2.20. The monoisotopic (exact) mass is 292 g/mol. The van der Waals surface area contributed by atoms with Gasteiger partial charge in [0.2, 0.25) is 0 Å². The van der Waals surface area contributed by atoms with E-state index in [1.54, 1.807) is 6.08 Å². The maximum absolute atomic E-state index is 12.6. The zero-order valence-electron chi connectivity index (χ0n) is 11.5. The molecule has 0 amide bonds. The molecule has 0 spiro atoms. The van der Waals surface area contributed by atoms with E-state index in [2.05, 4.69) is 24.4 Å². The summed E-state index contributed by atoms with van der Waals surface area (Å²) in [6.07, 6.45) is -0.375. The van der Waals surface area contributed by atoms with Gasteiger partial charge in [-0.2, -0.15) is 13.2 Å². The van der Waals surface area contributed by atoms with E-state index in [9.17, 15) is 18.0 Å². The summed E-state index contributed by atoms with van der Waals surface area (Å²) in [5, 5.41) is 0. The minimum Gasteiger partial charge on any atom is -0.463 e. The molecule has 0 rings (SSSR count). The fourth-order valence-corrected chi connectivity index (χ4v) is 1.73. The van der Waals surface area contributed by atoms with E-state index >= 15 is 0 Å². The van der Waals surface area contributed by atoms with E-state index < -0.39 is 25.8 Å². The largest absolute Gasteiger partial charge is 0.463 e. The molecule has 108 valence electrons. The second-order valence-electron chi connectivity index (χ2n) is 4.93. The first-order chi connectivity index (χ1) is 8.56. The molecule has 0 heterocycles. The zero-order chi connectivity index (χ0) is 15.1. The van der Waals surface area contributed by atoms with E-state index in [4.69, 9.17) is 0 Å². The zero-order valence-corrected chi connectivity index (χ0v) is 12.5. The van der Waals surface area contributed by atoms with Crippen molar-refractivity contribution in [3.8, 4) is 0 Å². The first-order valence-electron chi connectivity index (χ1n) is 5.88. The molecule has 0 aliphatic carbocycles. The number of ether oxygens (including phenoxy) is 1. The Kier molecular flexibility index (Phi) is 6.82. The summed E-state index contributed by atoms with van der Waals surface area (Å²) < 4.78 is 42.4. The van der Waals surface area contributed by atoms with Crippen molar-refractivity contribution in [3.63, 3.8) is 0 Å². The smallest absolute Gasteiger partial charge is 0.416 e. The third-order valence-electron chi connectivity index (χ3n) is 1.87. The molecular weight excluding hydrogens is 273 g/mol. The van der Waals surface area contributed by atoms with E-state index in [-0.39, 0.29) is 6.61 Å². The number of hydrogen-bond acceptors (Lipinski definition) is 2. The van der Waals surface area contributed by atoms with Crippen molar-refractivity contribution in [3.05, 3.63) is 35.6 Å². The third kappa shape index (κ3) is 9.30. The summed E-state index contributed by atoms with van der Waals surface area (Å²) in [6.45, 7) is 7.77. The molecule has 0 aromatic heterocycles. The van der Waals surface area contributed by atoms with Crippen molar-refractivity contribution in [2.75, 3.05) is 6.61 Å². The van der Waals surface area contributed by atoms with Crippen molar-refractivity contribution >= 4 is 14.0 Å². The number of allylic oxidation sites excluding steroid dienone is 4. The van der Waals surface area contributed by atoms with E-state index in [0.717, 1.165) is 6.08 Å². The summed E-state index contributed by atoms with van der Waals surface area (Å²) in [7, 11) is -1.44. The Labute approximate surface area is 112 Å². The van der Waals surface area contributed by atoms with Crippen molar-refractivity contribution in [2.45, 2.75) is 32.7 Å². The highest BCUT2D eigenvalue weighted by atomic mass is 28.3. The lowest BCUT2D eigenvalue weighted by Gasteiger charge is -2.08. The highest BCUT2D eigenvalue weighted by molar-refractivity contribution is 6.80. The summed E-state index contributed by atoms with van der Waals surface area (Å²) in [5.41, 5.74) is 0.883. The van der Waals surface area contributed by atoms with Gasteiger partial charge in [-0.15, -0.1) is 0 Å². The predicted molar refractivity (Wildman–Crippen MR) is 72.4 cm³/mol. The maximum Gasteiger partial charge on any atom is 0.416 e. The topological polar surface area (TPSA) is 26.3 Å². The number of hydrogen-bond donors (Lipinski definition) is 0. The van der Waals surface area contributed by atoms with Crippen LogP contribution in [0.4, 0.5) is 13.2 Å². The van der Waals surface area contributed by atoms with E-state index in [1.165, 1.54) is 13.0 Å². The lowest BCUT2D eigenvalue weighted by atomic mass is 10.2. The molecule has 0 aromatic carbocycles. The second-order valence-corrected chi connectivity index (χ2v) is 10.00. The van der Waals surface area contributed by atoms with Crippen LogP contribution in [0.25, 0.3) is 0 Å². The minimum atomic E-state index is -4.57. The molecular formula is C13H19F3O2Si. The van der Waals surface area contributed by atoms with Crippen molar-refractivity contribution in [1.82, 2.24) is 0 Å². The Bertz CT molecular complexity index is 388. The lowest BCUT2D eigenvalue weighted by molar-refractivity contribution is -0.138. The highest BCUT2D eigenvalue weighted by Crippen LogP contribution is 2.26. The van der Waals surface area contributed by atoms with E-state index in [0.29, 0.717) is 6.08 Å².